The fraction of sp³-hybridized carbons (Fsp3) is 0. The maximum atomic E-state index is 2.42. The van der Waals surface area contributed by atoms with E-state index in [2.05, 4.69) is 158 Å². The molecule has 189 valence electrons. The van der Waals surface area contributed by atoms with Crippen LogP contribution in [0.25, 0.3) is 76.5 Å². The van der Waals surface area contributed by atoms with Crippen LogP contribution in [0.15, 0.2) is 158 Å². The molecule has 8 rings (SSSR count). The fourth-order valence-corrected chi connectivity index (χ4v) is 6.47. The standard InChI is InChI=1S/C40H26.B/c1-2-14-29(15-3-1)39-35-20-8-9-21-36(35)40(34-23-11-17-28-13-5-7-19-32(28)34)38-26-30(24-25-37(38)39)33-22-10-16-27-12-4-6-18-31(27)33;/h1-26H;. The topological polar surface area (TPSA) is 0 Å². The second-order valence-electron chi connectivity index (χ2n) is 10.5. The highest BCUT2D eigenvalue weighted by atomic mass is 14.2. The Balaban J connectivity index is 0.00000276. The van der Waals surface area contributed by atoms with Crippen molar-refractivity contribution in [3.8, 4) is 33.4 Å². The van der Waals surface area contributed by atoms with Crippen molar-refractivity contribution in [1.82, 2.24) is 0 Å². The first kappa shape index (κ1) is 24.9. The average Bonchev–Trinajstić information content (AvgIpc) is 3.03. The van der Waals surface area contributed by atoms with E-state index in [1.807, 2.05) is 0 Å². The van der Waals surface area contributed by atoms with Crippen LogP contribution in [0, 0.1) is 0 Å². The molecule has 0 aliphatic carbocycles. The molecular formula is C40H26B. The van der Waals surface area contributed by atoms with Gasteiger partial charge in [-0.05, 0) is 82.5 Å². The summed E-state index contributed by atoms with van der Waals surface area (Å²) < 4.78 is 0. The van der Waals surface area contributed by atoms with Gasteiger partial charge in [-0.2, -0.15) is 0 Å². The molecule has 0 amide bonds. The summed E-state index contributed by atoms with van der Waals surface area (Å²) in [7, 11) is 0. The Morgan fingerprint density at radius 1 is 0.268 bits per heavy atom. The van der Waals surface area contributed by atoms with Gasteiger partial charge in [-0.15, -0.1) is 0 Å². The molecule has 0 aliphatic heterocycles. The van der Waals surface area contributed by atoms with Gasteiger partial charge in [0.05, 0.1) is 0 Å². The van der Waals surface area contributed by atoms with Crippen molar-refractivity contribution < 1.29 is 0 Å². The maximum absolute atomic E-state index is 2.42. The summed E-state index contributed by atoms with van der Waals surface area (Å²) in [6.45, 7) is 0. The fourth-order valence-electron chi connectivity index (χ4n) is 6.47. The molecular weight excluding hydrogens is 491 g/mol. The molecule has 8 aromatic rings. The van der Waals surface area contributed by atoms with Gasteiger partial charge >= 0.3 is 0 Å². The molecule has 0 fully saturated rings. The van der Waals surface area contributed by atoms with Crippen LogP contribution >= 0.6 is 0 Å². The Kier molecular flexibility index (Phi) is 6.14. The first-order chi connectivity index (χ1) is 19.9. The minimum absolute atomic E-state index is 0. The van der Waals surface area contributed by atoms with Crippen molar-refractivity contribution in [3.63, 3.8) is 0 Å². The van der Waals surface area contributed by atoms with Crippen molar-refractivity contribution in [2.45, 2.75) is 0 Å². The van der Waals surface area contributed by atoms with E-state index in [1.54, 1.807) is 0 Å². The van der Waals surface area contributed by atoms with Gasteiger partial charge in [0.2, 0.25) is 0 Å². The molecule has 3 radical (unpaired) electrons. The number of benzene rings is 8. The zero-order valence-electron chi connectivity index (χ0n) is 22.6. The smallest absolute Gasteiger partial charge is 0 e. The molecule has 1 heteroatoms. The zero-order chi connectivity index (χ0) is 26.5. The molecule has 0 spiro atoms. The normalized spacial score (nSPS) is 11.2. The van der Waals surface area contributed by atoms with E-state index in [4.69, 9.17) is 0 Å². The largest absolute Gasteiger partial charge is 0.0622 e. The molecule has 0 saturated carbocycles. The summed E-state index contributed by atoms with van der Waals surface area (Å²) in [6, 6.07) is 57.5. The minimum atomic E-state index is 0. The van der Waals surface area contributed by atoms with Gasteiger partial charge in [0.15, 0.2) is 0 Å². The summed E-state index contributed by atoms with van der Waals surface area (Å²) in [6.07, 6.45) is 0. The van der Waals surface area contributed by atoms with Gasteiger partial charge in [-0.1, -0.05) is 152 Å². The molecule has 0 aliphatic rings. The molecule has 0 heterocycles. The molecule has 41 heavy (non-hydrogen) atoms. The molecule has 0 aromatic heterocycles. The Labute approximate surface area is 242 Å². The molecule has 0 saturated heterocycles. The highest BCUT2D eigenvalue weighted by Crippen LogP contribution is 2.46. The van der Waals surface area contributed by atoms with E-state index in [-0.39, 0.29) is 8.41 Å². The predicted octanol–water partition coefficient (Wildman–Crippen LogP) is 10.9. The first-order valence-corrected chi connectivity index (χ1v) is 13.9. The van der Waals surface area contributed by atoms with E-state index in [1.165, 1.54) is 76.5 Å². The van der Waals surface area contributed by atoms with Crippen LogP contribution in [0.2, 0.25) is 0 Å². The number of rotatable bonds is 3. The third-order valence-electron chi connectivity index (χ3n) is 8.25. The van der Waals surface area contributed by atoms with Gasteiger partial charge in [0, 0.05) is 8.41 Å². The summed E-state index contributed by atoms with van der Waals surface area (Å²) in [5.41, 5.74) is 7.60. The predicted molar refractivity (Wildman–Crippen MR) is 179 cm³/mol. The lowest BCUT2D eigenvalue weighted by atomic mass is 9.83. The van der Waals surface area contributed by atoms with E-state index in [9.17, 15) is 0 Å². The monoisotopic (exact) mass is 517 g/mol. The third-order valence-corrected chi connectivity index (χ3v) is 8.25. The lowest BCUT2D eigenvalue weighted by Crippen LogP contribution is -1.92. The van der Waals surface area contributed by atoms with Crippen LogP contribution in [0.1, 0.15) is 0 Å². The van der Waals surface area contributed by atoms with Crippen LogP contribution < -0.4 is 0 Å². The van der Waals surface area contributed by atoms with E-state index in [0.29, 0.717) is 0 Å². The summed E-state index contributed by atoms with van der Waals surface area (Å²) in [5.74, 6) is 0. The first-order valence-electron chi connectivity index (χ1n) is 13.9. The van der Waals surface area contributed by atoms with Crippen LogP contribution in [0.5, 0.6) is 0 Å². The van der Waals surface area contributed by atoms with Gasteiger partial charge in [0.25, 0.3) is 0 Å². The van der Waals surface area contributed by atoms with E-state index in [0.717, 1.165) is 0 Å². The van der Waals surface area contributed by atoms with E-state index >= 15 is 0 Å². The Hall–Kier alpha value is -5.14. The van der Waals surface area contributed by atoms with E-state index < -0.39 is 0 Å². The van der Waals surface area contributed by atoms with Crippen molar-refractivity contribution in [2.75, 3.05) is 0 Å². The van der Waals surface area contributed by atoms with Crippen molar-refractivity contribution >= 4 is 51.5 Å². The molecule has 0 unspecified atom stereocenters. The van der Waals surface area contributed by atoms with Gasteiger partial charge in [-0.3, -0.25) is 0 Å². The number of hydrogen-bond donors (Lipinski definition) is 0. The second kappa shape index (κ2) is 10.1. The Morgan fingerprint density at radius 2 is 0.756 bits per heavy atom. The van der Waals surface area contributed by atoms with Crippen LogP contribution in [-0.4, -0.2) is 8.41 Å². The zero-order valence-corrected chi connectivity index (χ0v) is 22.6. The lowest BCUT2D eigenvalue weighted by Gasteiger charge is -2.20. The quantitative estimate of drug-likeness (QED) is 0.162. The SMILES string of the molecule is [B].c1ccc(-c2c3ccccc3c(-c3cccc4ccccc34)c3cc(-c4cccc5ccccc45)ccc23)cc1. The highest BCUT2D eigenvalue weighted by Gasteiger charge is 2.19. The van der Waals surface area contributed by atoms with Gasteiger partial charge in [0.1, 0.15) is 0 Å². The van der Waals surface area contributed by atoms with Crippen LogP contribution in [0.3, 0.4) is 0 Å². The Morgan fingerprint density at radius 3 is 1.44 bits per heavy atom. The molecule has 0 atom stereocenters. The number of hydrogen-bond acceptors (Lipinski definition) is 0. The molecule has 0 N–H and O–H groups in total. The average molecular weight is 517 g/mol. The number of fused-ring (bicyclic) bond motifs is 4. The lowest BCUT2D eigenvalue weighted by molar-refractivity contribution is 1.65. The second-order valence-corrected chi connectivity index (χ2v) is 10.5. The molecule has 8 aromatic carbocycles. The van der Waals surface area contributed by atoms with Crippen molar-refractivity contribution in [2.24, 2.45) is 0 Å². The maximum Gasteiger partial charge on any atom is 0 e. The summed E-state index contributed by atoms with van der Waals surface area (Å²) >= 11 is 0. The van der Waals surface area contributed by atoms with Gasteiger partial charge in [-0.25, -0.2) is 0 Å². The highest BCUT2D eigenvalue weighted by molar-refractivity contribution is 6.24. The van der Waals surface area contributed by atoms with Crippen LogP contribution in [0.4, 0.5) is 0 Å². The van der Waals surface area contributed by atoms with Crippen LogP contribution in [-0.2, 0) is 0 Å². The summed E-state index contributed by atoms with van der Waals surface area (Å²) in [4.78, 5) is 0. The minimum Gasteiger partial charge on any atom is -0.0622 e. The van der Waals surface area contributed by atoms with Crippen molar-refractivity contribution in [3.05, 3.63) is 158 Å². The van der Waals surface area contributed by atoms with Gasteiger partial charge < -0.3 is 0 Å². The molecule has 0 nitrogen and oxygen atoms in total. The third kappa shape index (κ3) is 4.01. The molecule has 0 bridgehead atoms. The Bertz CT molecular complexity index is 2200. The summed E-state index contributed by atoms with van der Waals surface area (Å²) in [5, 5.41) is 10.2. The van der Waals surface area contributed by atoms with Crippen molar-refractivity contribution in [1.29, 1.82) is 0 Å².